The van der Waals surface area contributed by atoms with Crippen LogP contribution in [0.3, 0.4) is 0 Å². The molecule has 0 aliphatic carbocycles. The number of carbonyl (C=O) groups excluding carboxylic acids is 6. The minimum atomic E-state index is -1.52. The largest absolute Gasteiger partial charge is 0.480 e. The maximum Gasteiger partial charge on any atom is 0.348 e. The van der Waals surface area contributed by atoms with E-state index in [1.807, 2.05) is 0 Å². The van der Waals surface area contributed by atoms with E-state index < -0.39 is 83.9 Å². The number of hydrogen-bond donors (Lipinski definition) is 2. The number of ether oxygens (including phenoxy) is 8. The molecule has 4 aliphatic rings. The molecule has 2 saturated heterocycles. The van der Waals surface area contributed by atoms with Crippen molar-refractivity contribution in [3.63, 3.8) is 0 Å². The van der Waals surface area contributed by atoms with Crippen LogP contribution >= 0.6 is 0 Å². The van der Waals surface area contributed by atoms with E-state index in [1.54, 1.807) is 13.8 Å². The van der Waals surface area contributed by atoms with Crippen molar-refractivity contribution in [2.24, 2.45) is 0 Å². The Balaban J connectivity index is 1.34. The molecule has 0 aromatic rings. The van der Waals surface area contributed by atoms with E-state index in [9.17, 15) is 39.0 Å². The summed E-state index contributed by atoms with van der Waals surface area (Å²) in [5.74, 6) is -9.84. The summed E-state index contributed by atoms with van der Waals surface area (Å²) in [5.41, 5.74) is -0.552. The normalized spacial score (nSPS) is 24.4. The van der Waals surface area contributed by atoms with Gasteiger partial charge < -0.3 is 48.1 Å². The fraction of sp³-hybridized carbons (Fsp3) is 0.333. The fourth-order valence-corrected chi connectivity index (χ4v) is 4.16. The number of hydrogen-bond acceptors (Lipinski definition) is 16. The topological polar surface area (TPSA) is 217 Å². The molecule has 0 aromatic heterocycles. The van der Waals surface area contributed by atoms with E-state index in [2.05, 4.69) is 0 Å². The molecular weight excluding hydrogens is 652 g/mol. The second kappa shape index (κ2) is 14.0. The van der Waals surface area contributed by atoms with Crippen LogP contribution in [0.5, 0.6) is 0 Å². The van der Waals surface area contributed by atoms with Crippen molar-refractivity contribution in [1.29, 1.82) is 0 Å². The lowest BCUT2D eigenvalue weighted by Crippen LogP contribution is -2.41. The Kier molecular flexibility index (Phi) is 10.2. The highest BCUT2D eigenvalue weighted by atomic mass is 16.8. The highest BCUT2D eigenvalue weighted by Crippen LogP contribution is 2.28. The summed E-state index contributed by atoms with van der Waals surface area (Å²) < 4.78 is 40.7. The molecule has 16 heteroatoms. The Morgan fingerprint density at radius 1 is 0.571 bits per heavy atom. The van der Waals surface area contributed by atoms with E-state index in [0.29, 0.717) is 11.1 Å². The van der Waals surface area contributed by atoms with Gasteiger partial charge in [0.1, 0.15) is 22.3 Å². The Labute approximate surface area is 278 Å². The highest BCUT2D eigenvalue weighted by Gasteiger charge is 2.40. The molecule has 4 aliphatic heterocycles. The molecule has 0 radical (unpaired) electrons. The van der Waals surface area contributed by atoms with E-state index >= 15 is 0 Å². The Hall–Kier alpha value is -6.06. The molecule has 0 spiro atoms. The Morgan fingerprint density at radius 2 is 0.980 bits per heavy atom. The maximum absolute atomic E-state index is 12.6. The molecule has 4 heterocycles. The predicted molar refractivity (Wildman–Crippen MR) is 160 cm³/mol. The fourth-order valence-electron chi connectivity index (χ4n) is 4.16. The minimum absolute atomic E-state index is 0.239. The van der Waals surface area contributed by atoms with Crippen molar-refractivity contribution >= 4 is 35.8 Å². The maximum atomic E-state index is 12.6. The second-order valence-electron chi connectivity index (χ2n) is 11.6. The average Bonchev–Trinajstić information content (AvgIpc) is 2.94. The molecule has 2 N–H and O–H groups in total. The van der Waals surface area contributed by atoms with Gasteiger partial charge in [-0.15, -0.1) is 0 Å². The van der Waals surface area contributed by atoms with Crippen LogP contribution < -0.4 is 0 Å². The molecule has 0 saturated carbocycles. The summed E-state index contributed by atoms with van der Waals surface area (Å²) in [7, 11) is 0. The first-order valence-corrected chi connectivity index (χ1v) is 14.5. The van der Waals surface area contributed by atoms with Gasteiger partial charge in [0.15, 0.2) is 0 Å². The van der Waals surface area contributed by atoms with Crippen LogP contribution in [0, 0.1) is 0 Å². The first-order chi connectivity index (χ1) is 22.8. The van der Waals surface area contributed by atoms with Gasteiger partial charge in [-0.05, 0) is 38.2 Å². The number of aliphatic hydroxyl groups is 2. The molecule has 0 bridgehead atoms. The standard InChI is InChI=1S/C33H32O16/c1-16(9-13-20-28(38)46-32(3,4)47-29(20)39)7-11-18-24(34)42-22(43-25(18)35)15-23-44-26(36)19(27(37)45-23)12-8-17(2)10-14-21-30(40)48-33(5,6)49-31(21)41/h7-14,22-23,34,40H,15H2,1-6H3/b11-7+,14-10+,16-9+,17-8+,19-12?. The third-order valence-electron chi connectivity index (χ3n) is 6.53. The van der Waals surface area contributed by atoms with Gasteiger partial charge in [-0.25, -0.2) is 28.8 Å². The molecule has 4 rings (SSSR count). The first-order valence-electron chi connectivity index (χ1n) is 14.5. The molecule has 1 unspecified atom stereocenters. The van der Waals surface area contributed by atoms with E-state index in [-0.39, 0.29) is 16.7 Å². The highest BCUT2D eigenvalue weighted by molar-refractivity contribution is 6.16. The lowest BCUT2D eigenvalue weighted by molar-refractivity contribution is -0.224. The van der Waals surface area contributed by atoms with Gasteiger partial charge in [0.05, 0.1) is 6.42 Å². The number of cyclic esters (lactones) is 6. The van der Waals surface area contributed by atoms with Crippen LogP contribution in [-0.4, -0.2) is 70.2 Å². The molecule has 2 fully saturated rings. The van der Waals surface area contributed by atoms with E-state index in [4.69, 9.17) is 37.9 Å². The predicted octanol–water partition coefficient (Wildman–Crippen LogP) is 3.24. The molecule has 0 amide bonds. The van der Waals surface area contributed by atoms with Crippen LogP contribution in [0.1, 0.15) is 48.0 Å². The molecule has 1 atom stereocenters. The molecule has 16 nitrogen and oxygen atoms in total. The molecular formula is C33H32O16. The van der Waals surface area contributed by atoms with Crippen molar-refractivity contribution in [3.05, 3.63) is 93.9 Å². The number of rotatable bonds is 8. The molecule has 0 aromatic carbocycles. The number of aliphatic hydroxyl groups excluding tert-OH is 2. The zero-order valence-corrected chi connectivity index (χ0v) is 27.1. The van der Waals surface area contributed by atoms with Gasteiger partial charge in [0, 0.05) is 27.7 Å². The van der Waals surface area contributed by atoms with Gasteiger partial charge in [0.25, 0.3) is 36.0 Å². The SMILES string of the molecule is CC(/C=C/C1=C(O)OC(CC2OC(=O)C(=C/C=C(C)/C=C/C3=C(O)OC(C)(C)OC3=O)C(=O)O2)OC1=O)=C\C=C1C(=O)OC(C)(C)OC1=O. The van der Waals surface area contributed by atoms with Crippen molar-refractivity contribution < 1.29 is 76.9 Å². The second-order valence-corrected chi connectivity index (χ2v) is 11.6. The zero-order chi connectivity index (χ0) is 36.3. The summed E-state index contributed by atoms with van der Waals surface area (Å²) in [6, 6.07) is 0. The number of allylic oxidation sites excluding steroid dienone is 8. The summed E-state index contributed by atoms with van der Waals surface area (Å²) >= 11 is 0. The Bertz CT molecular complexity index is 1700. The van der Waals surface area contributed by atoms with E-state index in [1.165, 1.54) is 64.2 Å². The third-order valence-corrected chi connectivity index (χ3v) is 6.53. The summed E-state index contributed by atoms with van der Waals surface area (Å²) in [4.78, 5) is 73.8. The van der Waals surface area contributed by atoms with Crippen LogP contribution in [0.4, 0.5) is 0 Å². The lowest BCUT2D eigenvalue weighted by atomic mass is 10.1. The van der Waals surface area contributed by atoms with E-state index in [0.717, 1.165) is 12.2 Å². The van der Waals surface area contributed by atoms with Crippen molar-refractivity contribution in [3.8, 4) is 0 Å². The van der Waals surface area contributed by atoms with Crippen LogP contribution in [0.2, 0.25) is 0 Å². The average molecular weight is 685 g/mol. The van der Waals surface area contributed by atoms with Gasteiger partial charge in [-0.2, -0.15) is 0 Å². The number of carbonyl (C=O) groups is 6. The monoisotopic (exact) mass is 684 g/mol. The first kappa shape index (κ1) is 35.8. The van der Waals surface area contributed by atoms with Gasteiger partial charge in [-0.1, -0.05) is 35.5 Å². The van der Waals surface area contributed by atoms with Gasteiger partial charge >= 0.3 is 35.8 Å². The van der Waals surface area contributed by atoms with Crippen LogP contribution in [0.15, 0.2) is 93.9 Å². The summed E-state index contributed by atoms with van der Waals surface area (Å²) in [5, 5.41) is 20.3. The molecule has 49 heavy (non-hydrogen) atoms. The van der Waals surface area contributed by atoms with Crippen molar-refractivity contribution in [1.82, 2.24) is 0 Å². The van der Waals surface area contributed by atoms with Gasteiger partial charge in [-0.3, -0.25) is 0 Å². The van der Waals surface area contributed by atoms with Gasteiger partial charge in [0.2, 0.25) is 0 Å². The Morgan fingerprint density at radius 3 is 1.47 bits per heavy atom. The van der Waals surface area contributed by atoms with Crippen molar-refractivity contribution in [2.75, 3.05) is 0 Å². The molecule has 260 valence electrons. The van der Waals surface area contributed by atoms with Crippen molar-refractivity contribution in [2.45, 2.75) is 72.1 Å². The summed E-state index contributed by atoms with van der Waals surface area (Å²) in [6.07, 6.45) is 6.69. The lowest BCUT2D eigenvalue weighted by Gasteiger charge is -2.29. The minimum Gasteiger partial charge on any atom is -0.480 e. The van der Waals surface area contributed by atoms with Crippen LogP contribution in [0.25, 0.3) is 0 Å². The summed E-state index contributed by atoms with van der Waals surface area (Å²) in [6.45, 7) is 8.86. The zero-order valence-electron chi connectivity index (χ0n) is 27.1. The smallest absolute Gasteiger partial charge is 0.348 e. The van der Waals surface area contributed by atoms with Crippen LogP contribution in [-0.2, 0) is 66.7 Å². The number of esters is 6. The third kappa shape index (κ3) is 9.06. The quantitative estimate of drug-likeness (QED) is 0.123.